The van der Waals surface area contributed by atoms with Gasteiger partial charge in [0.15, 0.2) is 6.67 Å². The van der Waals surface area contributed by atoms with E-state index in [0.717, 1.165) is 12.1 Å². The van der Waals surface area contributed by atoms with Gasteiger partial charge in [0.05, 0.1) is 12.0 Å². The normalized spacial score (nSPS) is 9.73. The number of nitro groups is 1. The van der Waals surface area contributed by atoms with Crippen LogP contribution in [-0.4, -0.2) is 24.5 Å². The first kappa shape index (κ1) is 11.1. The molecule has 0 unspecified atom stereocenters. The van der Waals surface area contributed by atoms with Crippen molar-refractivity contribution in [2.45, 2.75) is 0 Å². The minimum absolute atomic E-state index is 0.275. The molecule has 0 radical (unpaired) electrons. The summed E-state index contributed by atoms with van der Waals surface area (Å²) in [5.74, 6) is -0.655. The number of hydrogen-bond acceptors (Lipinski definition) is 4. The van der Waals surface area contributed by atoms with Crippen LogP contribution in [0.15, 0.2) is 18.2 Å². The number of hydrogen-bond donors (Lipinski definition) is 0. The highest BCUT2D eigenvalue weighted by atomic mass is 19.1. The van der Waals surface area contributed by atoms with Crippen molar-refractivity contribution in [2.24, 2.45) is 0 Å². The van der Waals surface area contributed by atoms with Gasteiger partial charge in [0.1, 0.15) is 11.3 Å². The first-order chi connectivity index (χ1) is 7.10. The van der Waals surface area contributed by atoms with Gasteiger partial charge in [0.25, 0.3) is 5.69 Å². The molecule has 0 atom stereocenters. The average Bonchev–Trinajstić information content (AvgIpc) is 2.26. The Morgan fingerprint density at radius 3 is 2.73 bits per heavy atom. The molecule has 1 rings (SSSR count). The first-order valence-corrected chi connectivity index (χ1v) is 4.01. The maximum atomic E-state index is 12.1. The van der Waals surface area contributed by atoms with Crippen molar-refractivity contribution >= 4 is 11.5 Å². The van der Waals surface area contributed by atoms with Crippen molar-refractivity contribution in [2.75, 3.05) is 13.8 Å². The molecule has 0 saturated carbocycles. The van der Waals surface area contributed by atoms with Crippen molar-refractivity contribution in [1.82, 2.24) is 0 Å². The van der Waals surface area contributed by atoms with Crippen LogP contribution in [0.3, 0.4) is 0 Å². The molecule has 0 aliphatic heterocycles. The second-order valence-electron chi connectivity index (χ2n) is 2.70. The Kier molecular flexibility index (Phi) is 3.33. The molecule has 6 heteroatoms. The number of halogens is 1. The van der Waals surface area contributed by atoms with Crippen molar-refractivity contribution in [3.05, 3.63) is 33.9 Å². The van der Waals surface area contributed by atoms with Crippen molar-refractivity contribution in [3.63, 3.8) is 0 Å². The fraction of sp³-hybridized carbons (Fsp3) is 0.222. The van der Waals surface area contributed by atoms with E-state index in [4.69, 9.17) is 4.74 Å². The third kappa shape index (κ3) is 2.28. The second kappa shape index (κ2) is 4.50. The van der Waals surface area contributed by atoms with Crippen molar-refractivity contribution < 1.29 is 18.8 Å². The number of carbonyl (C=O) groups is 1. The fourth-order valence-corrected chi connectivity index (χ4v) is 1.10. The molecular formula is C9H8FNO4. The molecule has 0 spiro atoms. The molecule has 1 aromatic rings. The lowest BCUT2D eigenvalue weighted by Gasteiger charge is -2.02. The highest BCUT2D eigenvalue weighted by Crippen LogP contribution is 2.24. The molecule has 0 saturated heterocycles. The van der Waals surface area contributed by atoms with Crippen molar-refractivity contribution in [3.8, 4) is 5.75 Å². The molecule has 0 heterocycles. The third-order valence-electron chi connectivity index (χ3n) is 1.82. The van der Waals surface area contributed by atoms with Gasteiger partial charge in [-0.15, -0.1) is 0 Å². The highest BCUT2D eigenvalue weighted by Gasteiger charge is 2.20. The average molecular weight is 213 g/mol. The summed E-state index contributed by atoms with van der Waals surface area (Å²) in [6.07, 6.45) is 0. The molecule has 5 nitrogen and oxygen atoms in total. The third-order valence-corrected chi connectivity index (χ3v) is 1.82. The van der Waals surface area contributed by atoms with Gasteiger partial charge >= 0.3 is 0 Å². The topological polar surface area (TPSA) is 69.4 Å². The quantitative estimate of drug-likeness (QED) is 0.434. The Balaban J connectivity index is 3.28. The summed E-state index contributed by atoms with van der Waals surface area (Å²) in [7, 11) is 1.35. The summed E-state index contributed by atoms with van der Waals surface area (Å²) in [6.45, 7) is -1.27. The van der Waals surface area contributed by atoms with E-state index in [1.807, 2.05) is 0 Å². The molecule has 0 aromatic heterocycles. The lowest BCUT2D eigenvalue weighted by molar-refractivity contribution is -0.385. The van der Waals surface area contributed by atoms with E-state index in [2.05, 4.69) is 0 Å². The predicted octanol–water partition coefficient (Wildman–Crippen LogP) is 1.76. The molecule has 0 amide bonds. The Morgan fingerprint density at radius 1 is 1.60 bits per heavy atom. The number of alkyl halides is 1. The van der Waals surface area contributed by atoms with E-state index in [1.54, 1.807) is 0 Å². The van der Waals surface area contributed by atoms with Gasteiger partial charge in [-0.3, -0.25) is 14.9 Å². The number of ether oxygens (including phenoxy) is 1. The molecule has 0 aliphatic carbocycles. The second-order valence-corrected chi connectivity index (χ2v) is 2.70. The van der Waals surface area contributed by atoms with Gasteiger partial charge in [0, 0.05) is 6.07 Å². The molecule has 0 fully saturated rings. The molecule has 15 heavy (non-hydrogen) atoms. The van der Waals surface area contributed by atoms with Crippen LogP contribution in [0.1, 0.15) is 10.4 Å². The number of carbonyl (C=O) groups excluding carboxylic acids is 1. The van der Waals surface area contributed by atoms with E-state index in [1.165, 1.54) is 13.2 Å². The van der Waals surface area contributed by atoms with Gasteiger partial charge in [-0.25, -0.2) is 4.39 Å². The number of benzene rings is 1. The molecule has 1 aromatic carbocycles. The Morgan fingerprint density at radius 2 is 2.27 bits per heavy atom. The molecule has 0 N–H and O–H groups in total. The van der Waals surface area contributed by atoms with Crippen LogP contribution >= 0.6 is 0 Å². The van der Waals surface area contributed by atoms with E-state index >= 15 is 0 Å². The Hall–Kier alpha value is -1.98. The summed E-state index contributed by atoms with van der Waals surface area (Å²) < 4.78 is 16.9. The summed E-state index contributed by atoms with van der Waals surface area (Å²) in [5, 5.41) is 10.5. The number of Topliss-reactive ketones (excluding diaryl/α,β-unsaturated/α-hetero) is 1. The zero-order valence-electron chi connectivity index (χ0n) is 7.90. The van der Waals surface area contributed by atoms with Crippen LogP contribution in [0.5, 0.6) is 5.75 Å². The van der Waals surface area contributed by atoms with E-state index < -0.39 is 23.1 Å². The minimum atomic E-state index is -1.27. The highest BCUT2D eigenvalue weighted by molar-refractivity contribution is 6.01. The lowest BCUT2D eigenvalue weighted by Crippen LogP contribution is -2.05. The largest absolute Gasteiger partial charge is 0.497 e. The molecule has 0 bridgehead atoms. The zero-order valence-corrected chi connectivity index (χ0v) is 7.90. The summed E-state index contributed by atoms with van der Waals surface area (Å²) >= 11 is 0. The van der Waals surface area contributed by atoms with E-state index in [9.17, 15) is 19.3 Å². The van der Waals surface area contributed by atoms with Gasteiger partial charge in [0.2, 0.25) is 5.78 Å². The number of nitro benzene ring substituents is 1. The summed E-state index contributed by atoms with van der Waals surface area (Å²) in [5.41, 5.74) is -0.694. The summed E-state index contributed by atoms with van der Waals surface area (Å²) in [6, 6.07) is 3.61. The van der Waals surface area contributed by atoms with E-state index in [0.29, 0.717) is 0 Å². The van der Waals surface area contributed by atoms with Gasteiger partial charge in [-0.2, -0.15) is 0 Å². The maximum absolute atomic E-state index is 12.1. The van der Waals surface area contributed by atoms with Crippen LogP contribution in [0.2, 0.25) is 0 Å². The molecular weight excluding hydrogens is 205 g/mol. The number of rotatable bonds is 4. The lowest BCUT2D eigenvalue weighted by atomic mass is 10.1. The Labute approximate surface area is 84.6 Å². The van der Waals surface area contributed by atoms with Crippen LogP contribution in [0.4, 0.5) is 10.1 Å². The van der Waals surface area contributed by atoms with Crippen LogP contribution in [0.25, 0.3) is 0 Å². The SMILES string of the molecule is COc1ccc([N+](=O)[O-])c(C(=O)CF)c1. The molecule has 0 aliphatic rings. The standard InChI is InChI=1S/C9H8FNO4/c1-15-6-2-3-8(11(13)14)7(4-6)9(12)5-10/h2-4H,5H2,1H3. The van der Waals surface area contributed by atoms with Crippen LogP contribution in [-0.2, 0) is 0 Å². The summed E-state index contributed by atoms with van der Waals surface area (Å²) in [4.78, 5) is 20.9. The van der Waals surface area contributed by atoms with Gasteiger partial charge in [-0.05, 0) is 12.1 Å². The number of methoxy groups -OCH3 is 1. The van der Waals surface area contributed by atoms with Crippen LogP contribution < -0.4 is 4.74 Å². The maximum Gasteiger partial charge on any atom is 0.280 e. The smallest absolute Gasteiger partial charge is 0.280 e. The van der Waals surface area contributed by atoms with Crippen molar-refractivity contribution in [1.29, 1.82) is 0 Å². The molecule has 80 valence electrons. The zero-order chi connectivity index (χ0) is 11.4. The number of nitrogens with zero attached hydrogens (tertiary/aromatic N) is 1. The van der Waals surface area contributed by atoms with Crippen LogP contribution in [0, 0.1) is 10.1 Å². The van der Waals surface area contributed by atoms with Gasteiger partial charge in [-0.1, -0.05) is 0 Å². The minimum Gasteiger partial charge on any atom is -0.497 e. The number of ketones is 1. The monoisotopic (exact) mass is 213 g/mol. The van der Waals surface area contributed by atoms with E-state index in [-0.39, 0.29) is 11.3 Å². The Bertz CT molecular complexity index is 405. The first-order valence-electron chi connectivity index (χ1n) is 4.01. The fourth-order valence-electron chi connectivity index (χ4n) is 1.10. The predicted molar refractivity (Wildman–Crippen MR) is 50.0 cm³/mol. The van der Waals surface area contributed by atoms with Gasteiger partial charge < -0.3 is 4.74 Å².